The molecule has 2 N–H and O–H groups in total. The lowest BCUT2D eigenvalue weighted by Crippen LogP contribution is -2.52. The summed E-state index contributed by atoms with van der Waals surface area (Å²) >= 11 is 0. The van der Waals surface area contributed by atoms with Crippen LogP contribution in [0.1, 0.15) is 39.3 Å². The summed E-state index contributed by atoms with van der Waals surface area (Å²) in [6.07, 6.45) is 3.68. The predicted molar refractivity (Wildman–Crippen MR) is 91.9 cm³/mol. The fraction of sp³-hybridized carbons (Fsp3) is 0.882. The molecule has 2 saturated heterocycles. The number of piperidine rings is 1. The van der Waals surface area contributed by atoms with Gasteiger partial charge in [0.2, 0.25) is 0 Å². The first kappa shape index (κ1) is 17.8. The number of likely N-dealkylation sites (tertiary alicyclic amines) is 1. The van der Waals surface area contributed by atoms with E-state index in [1.165, 1.54) is 0 Å². The highest BCUT2D eigenvalue weighted by molar-refractivity contribution is 5.06. The third-order valence-electron chi connectivity index (χ3n) is 5.12. The summed E-state index contributed by atoms with van der Waals surface area (Å²) in [6, 6.07) is 0.409. The zero-order valence-electron chi connectivity index (χ0n) is 15.3. The number of hydrogen-bond acceptors (Lipinski definition) is 6. The van der Waals surface area contributed by atoms with E-state index in [9.17, 15) is 5.11 Å². The van der Waals surface area contributed by atoms with Gasteiger partial charge in [-0.2, -0.15) is 0 Å². The molecule has 0 amide bonds. The number of nitrogens with zero attached hydrogens (tertiary/aromatic N) is 4. The quantitative estimate of drug-likeness (QED) is 0.828. The molecule has 1 aromatic rings. The number of rotatable bonds is 4. The van der Waals surface area contributed by atoms with Gasteiger partial charge in [-0.15, -0.1) is 5.10 Å². The fourth-order valence-corrected chi connectivity index (χ4v) is 3.43. The van der Waals surface area contributed by atoms with Crippen LogP contribution in [0.3, 0.4) is 0 Å². The van der Waals surface area contributed by atoms with Gasteiger partial charge in [0.15, 0.2) is 0 Å². The summed E-state index contributed by atoms with van der Waals surface area (Å²) < 4.78 is 7.67. The lowest BCUT2D eigenvalue weighted by Gasteiger charge is -2.33. The standard InChI is InChI=1S/C17H31N5O2/c1-17(2,3)15-10-22(20-19-15)9-14-16(13(23)11-24-14)18-12-5-7-21(4)8-6-12/h10,12-14,16,18,23H,5-9,11H2,1-4H3/t13-,14+,16+/m0/s1. The summed E-state index contributed by atoms with van der Waals surface area (Å²) in [5.41, 5.74) is 0.959. The molecule has 2 fully saturated rings. The van der Waals surface area contributed by atoms with Crippen molar-refractivity contribution in [3.8, 4) is 0 Å². The Bertz CT molecular complexity index is 533. The van der Waals surface area contributed by atoms with Crippen molar-refractivity contribution in [2.75, 3.05) is 26.7 Å². The van der Waals surface area contributed by atoms with Crippen molar-refractivity contribution < 1.29 is 9.84 Å². The van der Waals surface area contributed by atoms with E-state index in [0.717, 1.165) is 31.6 Å². The van der Waals surface area contributed by atoms with E-state index < -0.39 is 6.10 Å². The minimum atomic E-state index is -0.458. The molecule has 7 heteroatoms. The van der Waals surface area contributed by atoms with Crippen molar-refractivity contribution >= 4 is 0 Å². The van der Waals surface area contributed by atoms with Crippen LogP contribution >= 0.6 is 0 Å². The van der Waals surface area contributed by atoms with Crippen LogP contribution in [-0.4, -0.2) is 76.0 Å². The fourth-order valence-electron chi connectivity index (χ4n) is 3.43. The highest BCUT2D eigenvalue weighted by Gasteiger charge is 2.38. The molecular weight excluding hydrogens is 306 g/mol. The Kier molecular flexibility index (Phi) is 5.24. The first-order valence-electron chi connectivity index (χ1n) is 8.98. The molecular formula is C17H31N5O2. The van der Waals surface area contributed by atoms with Gasteiger partial charge in [-0.05, 0) is 33.0 Å². The molecule has 0 aromatic carbocycles. The first-order chi connectivity index (χ1) is 11.3. The molecule has 24 heavy (non-hydrogen) atoms. The zero-order chi connectivity index (χ0) is 17.3. The van der Waals surface area contributed by atoms with Gasteiger partial charge in [0.1, 0.15) is 0 Å². The monoisotopic (exact) mass is 337 g/mol. The van der Waals surface area contributed by atoms with Gasteiger partial charge in [0.05, 0.1) is 37.1 Å². The summed E-state index contributed by atoms with van der Waals surface area (Å²) in [5.74, 6) is 0. The van der Waals surface area contributed by atoms with Crippen LogP contribution in [0.25, 0.3) is 0 Å². The van der Waals surface area contributed by atoms with Crippen molar-refractivity contribution in [2.24, 2.45) is 0 Å². The first-order valence-corrected chi connectivity index (χ1v) is 8.98. The molecule has 0 aliphatic carbocycles. The second kappa shape index (κ2) is 7.07. The Morgan fingerprint density at radius 3 is 2.67 bits per heavy atom. The third kappa shape index (κ3) is 4.14. The van der Waals surface area contributed by atoms with Crippen LogP contribution in [-0.2, 0) is 16.7 Å². The Morgan fingerprint density at radius 1 is 1.33 bits per heavy atom. The molecule has 0 unspecified atom stereocenters. The average Bonchev–Trinajstić information content (AvgIpc) is 3.11. The molecule has 136 valence electrons. The van der Waals surface area contributed by atoms with Crippen LogP contribution in [0, 0.1) is 0 Å². The van der Waals surface area contributed by atoms with Crippen molar-refractivity contribution in [1.82, 2.24) is 25.2 Å². The molecule has 0 saturated carbocycles. The number of ether oxygens (including phenoxy) is 1. The molecule has 2 aliphatic heterocycles. The smallest absolute Gasteiger partial charge is 0.0952 e. The second-order valence-electron chi connectivity index (χ2n) is 8.28. The van der Waals surface area contributed by atoms with Crippen LogP contribution in [0.2, 0.25) is 0 Å². The zero-order valence-corrected chi connectivity index (χ0v) is 15.3. The predicted octanol–water partition coefficient (Wildman–Crippen LogP) is 0.388. The second-order valence-corrected chi connectivity index (χ2v) is 8.28. The Balaban J connectivity index is 1.60. The van der Waals surface area contributed by atoms with Crippen LogP contribution < -0.4 is 5.32 Å². The molecule has 3 rings (SSSR count). The number of aliphatic hydroxyl groups excluding tert-OH is 1. The number of hydrogen-bond donors (Lipinski definition) is 2. The normalized spacial score (nSPS) is 30.1. The van der Waals surface area contributed by atoms with E-state index >= 15 is 0 Å². The van der Waals surface area contributed by atoms with E-state index in [0.29, 0.717) is 19.2 Å². The minimum Gasteiger partial charge on any atom is -0.389 e. The van der Waals surface area contributed by atoms with Gasteiger partial charge in [-0.3, -0.25) is 0 Å². The van der Waals surface area contributed by atoms with E-state index in [2.05, 4.69) is 48.3 Å². The van der Waals surface area contributed by atoms with Crippen LogP contribution in [0.4, 0.5) is 0 Å². The van der Waals surface area contributed by atoms with Crippen molar-refractivity contribution in [3.63, 3.8) is 0 Å². The largest absolute Gasteiger partial charge is 0.389 e. The molecule has 3 heterocycles. The molecule has 0 spiro atoms. The molecule has 3 atom stereocenters. The molecule has 0 bridgehead atoms. The van der Waals surface area contributed by atoms with Gasteiger partial charge in [0.25, 0.3) is 0 Å². The molecule has 7 nitrogen and oxygen atoms in total. The average molecular weight is 337 g/mol. The topological polar surface area (TPSA) is 75.4 Å². The maximum atomic E-state index is 10.3. The van der Waals surface area contributed by atoms with Crippen LogP contribution in [0.15, 0.2) is 6.20 Å². The Morgan fingerprint density at radius 2 is 2.04 bits per heavy atom. The summed E-state index contributed by atoms with van der Waals surface area (Å²) in [7, 11) is 2.16. The number of aromatic nitrogens is 3. The Hall–Kier alpha value is -1.02. The van der Waals surface area contributed by atoms with Gasteiger partial charge in [-0.1, -0.05) is 26.0 Å². The molecule has 0 radical (unpaired) electrons. The van der Waals surface area contributed by atoms with Gasteiger partial charge >= 0.3 is 0 Å². The van der Waals surface area contributed by atoms with E-state index in [1.807, 2.05) is 10.9 Å². The number of nitrogens with one attached hydrogen (secondary N) is 1. The summed E-state index contributed by atoms with van der Waals surface area (Å²) in [5, 5.41) is 22.4. The van der Waals surface area contributed by atoms with Gasteiger partial charge < -0.3 is 20.1 Å². The van der Waals surface area contributed by atoms with E-state index in [4.69, 9.17) is 4.74 Å². The summed E-state index contributed by atoms with van der Waals surface area (Å²) in [6.45, 7) is 9.58. The SMILES string of the molecule is CN1CCC(N[C@@H]2[C@@H](O)CO[C@@H]2Cn2cc(C(C)(C)C)nn2)CC1. The van der Waals surface area contributed by atoms with Gasteiger partial charge in [0, 0.05) is 17.7 Å². The van der Waals surface area contributed by atoms with Crippen molar-refractivity contribution in [2.45, 2.75) is 69.9 Å². The van der Waals surface area contributed by atoms with E-state index in [-0.39, 0.29) is 17.6 Å². The highest BCUT2D eigenvalue weighted by Crippen LogP contribution is 2.22. The minimum absolute atomic E-state index is 0.0138. The van der Waals surface area contributed by atoms with E-state index in [1.54, 1.807) is 0 Å². The van der Waals surface area contributed by atoms with Crippen LogP contribution in [0.5, 0.6) is 0 Å². The highest BCUT2D eigenvalue weighted by atomic mass is 16.5. The van der Waals surface area contributed by atoms with Gasteiger partial charge in [-0.25, -0.2) is 4.68 Å². The lowest BCUT2D eigenvalue weighted by atomic mass is 9.93. The maximum absolute atomic E-state index is 10.3. The third-order valence-corrected chi connectivity index (χ3v) is 5.12. The Labute approximate surface area is 144 Å². The lowest BCUT2D eigenvalue weighted by molar-refractivity contribution is 0.0723. The summed E-state index contributed by atoms with van der Waals surface area (Å²) in [4.78, 5) is 2.35. The van der Waals surface area contributed by atoms with Crippen molar-refractivity contribution in [1.29, 1.82) is 0 Å². The maximum Gasteiger partial charge on any atom is 0.0952 e. The molecule has 1 aromatic heterocycles. The number of aliphatic hydroxyl groups is 1. The van der Waals surface area contributed by atoms with Crippen molar-refractivity contribution in [3.05, 3.63) is 11.9 Å². The molecule has 2 aliphatic rings.